The number of rotatable bonds is 1. The Labute approximate surface area is 99.0 Å². The number of hydrogen-bond acceptors (Lipinski definition) is 2. The van der Waals surface area contributed by atoms with E-state index >= 15 is 0 Å². The second-order valence-corrected chi connectivity index (χ2v) is 4.35. The molecule has 17 heavy (non-hydrogen) atoms. The third kappa shape index (κ3) is 1.40. The third-order valence-corrected chi connectivity index (χ3v) is 3.28. The van der Waals surface area contributed by atoms with E-state index in [1.165, 1.54) is 0 Å². The number of carbonyl (C=O) groups excluding carboxylic acids is 1. The maximum atomic E-state index is 11.9. The Hall–Kier alpha value is -1.97. The number of fused-ring (bicyclic) bond motifs is 3. The summed E-state index contributed by atoms with van der Waals surface area (Å²) in [6.45, 7) is 2.69. The molecule has 1 aromatic carbocycles. The van der Waals surface area contributed by atoms with Gasteiger partial charge in [-0.05, 0) is 18.6 Å². The van der Waals surface area contributed by atoms with Crippen LogP contribution < -0.4 is 10.1 Å². The lowest BCUT2D eigenvalue weighted by Gasteiger charge is -2.12. The number of aryl methyl sites for hydroxylation is 1. The van der Waals surface area contributed by atoms with Gasteiger partial charge in [0.25, 0.3) is 5.91 Å². The highest BCUT2D eigenvalue weighted by atomic mass is 16.5. The third-order valence-electron chi connectivity index (χ3n) is 3.28. The summed E-state index contributed by atoms with van der Waals surface area (Å²) < 4.78 is 5.29. The molecule has 0 spiro atoms. The Morgan fingerprint density at radius 2 is 2.18 bits per heavy atom. The van der Waals surface area contributed by atoms with Gasteiger partial charge in [0, 0.05) is 30.1 Å². The SMILES string of the molecule is COc1cc2[nH]c3c(c2cc1C)C(=O)NCC3. The standard InChI is InChI=1S/C13H14N2O2/c1-7-5-8-10(6-11(7)17-2)15-9-3-4-14-13(16)12(8)9/h5-6,15H,3-4H2,1-2H3,(H,14,16). The normalized spacial score (nSPS) is 14.6. The molecule has 0 saturated carbocycles. The molecule has 1 aromatic heterocycles. The van der Waals surface area contributed by atoms with Crippen LogP contribution in [0.15, 0.2) is 12.1 Å². The summed E-state index contributed by atoms with van der Waals surface area (Å²) in [5.41, 5.74) is 3.82. The average molecular weight is 230 g/mol. The first kappa shape index (κ1) is 10.2. The first-order valence-electron chi connectivity index (χ1n) is 5.68. The second-order valence-electron chi connectivity index (χ2n) is 4.35. The molecule has 0 fully saturated rings. The second kappa shape index (κ2) is 3.52. The molecule has 2 heterocycles. The van der Waals surface area contributed by atoms with Gasteiger partial charge in [-0.3, -0.25) is 4.79 Å². The number of aromatic amines is 1. The number of benzene rings is 1. The van der Waals surface area contributed by atoms with Crippen LogP contribution in [-0.2, 0) is 6.42 Å². The largest absolute Gasteiger partial charge is 0.496 e. The minimum Gasteiger partial charge on any atom is -0.496 e. The van der Waals surface area contributed by atoms with Gasteiger partial charge in [0.1, 0.15) is 5.75 Å². The van der Waals surface area contributed by atoms with E-state index in [1.54, 1.807) is 7.11 Å². The maximum absolute atomic E-state index is 11.9. The van der Waals surface area contributed by atoms with Crippen LogP contribution in [0.5, 0.6) is 5.75 Å². The van der Waals surface area contributed by atoms with Crippen LogP contribution in [0.25, 0.3) is 10.9 Å². The van der Waals surface area contributed by atoms with Gasteiger partial charge in [0.05, 0.1) is 18.2 Å². The number of carbonyl (C=O) groups is 1. The van der Waals surface area contributed by atoms with Crippen LogP contribution >= 0.6 is 0 Å². The van der Waals surface area contributed by atoms with Gasteiger partial charge in [-0.25, -0.2) is 0 Å². The number of hydrogen-bond donors (Lipinski definition) is 2. The molecule has 0 radical (unpaired) electrons. The van der Waals surface area contributed by atoms with Crippen molar-refractivity contribution in [1.82, 2.24) is 10.3 Å². The summed E-state index contributed by atoms with van der Waals surface area (Å²) in [5.74, 6) is 0.860. The van der Waals surface area contributed by atoms with E-state index in [0.717, 1.165) is 39.9 Å². The molecule has 1 aliphatic rings. The van der Waals surface area contributed by atoms with Crippen molar-refractivity contribution in [3.63, 3.8) is 0 Å². The maximum Gasteiger partial charge on any atom is 0.253 e. The van der Waals surface area contributed by atoms with Crippen LogP contribution in [0.3, 0.4) is 0 Å². The van der Waals surface area contributed by atoms with Crippen LogP contribution in [-0.4, -0.2) is 24.5 Å². The lowest BCUT2D eigenvalue weighted by atomic mass is 10.0. The Bertz CT molecular complexity index is 613. The van der Waals surface area contributed by atoms with Gasteiger partial charge < -0.3 is 15.0 Å². The van der Waals surface area contributed by atoms with E-state index in [1.807, 2.05) is 19.1 Å². The molecule has 0 bridgehead atoms. The number of ether oxygens (including phenoxy) is 1. The molecule has 4 heteroatoms. The number of methoxy groups -OCH3 is 1. The Kier molecular flexibility index (Phi) is 2.11. The quantitative estimate of drug-likeness (QED) is 0.784. The van der Waals surface area contributed by atoms with Gasteiger partial charge in [0.15, 0.2) is 0 Å². The van der Waals surface area contributed by atoms with Crippen molar-refractivity contribution < 1.29 is 9.53 Å². The molecule has 0 aliphatic carbocycles. The first-order valence-corrected chi connectivity index (χ1v) is 5.68. The van der Waals surface area contributed by atoms with E-state index < -0.39 is 0 Å². The fourth-order valence-corrected chi connectivity index (χ4v) is 2.44. The molecule has 2 aromatic rings. The van der Waals surface area contributed by atoms with Crippen molar-refractivity contribution >= 4 is 16.8 Å². The summed E-state index contributed by atoms with van der Waals surface area (Å²) in [7, 11) is 1.66. The fraction of sp³-hybridized carbons (Fsp3) is 0.308. The van der Waals surface area contributed by atoms with E-state index in [4.69, 9.17) is 4.74 Å². The molecule has 88 valence electrons. The highest BCUT2D eigenvalue weighted by molar-refractivity contribution is 6.09. The molecule has 0 unspecified atom stereocenters. The van der Waals surface area contributed by atoms with E-state index in [2.05, 4.69) is 10.3 Å². The Balaban J connectivity index is 2.32. The van der Waals surface area contributed by atoms with Crippen LogP contribution in [0, 0.1) is 6.92 Å². The molecule has 2 N–H and O–H groups in total. The first-order chi connectivity index (χ1) is 8.20. The van der Waals surface area contributed by atoms with Crippen molar-refractivity contribution in [3.05, 3.63) is 29.0 Å². The van der Waals surface area contributed by atoms with E-state index in [9.17, 15) is 4.79 Å². The number of amides is 1. The molecular formula is C13H14N2O2. The summed E-state index contributed by atoms with van der Waals surface area (Å²) in [6, 6.07) is 3.96. The van der Waals surface area contributed by atoms with E-state index in [0.29, 0.717) is 6.54 Å². The van der Waals surface area contributed by atoms with Gasteiger partial charge in [-0.15, -0.1) is 0 Å². The highest BCUT2D eigenvalue weighted by Crippen LogP contribution is 2.30. The van der Waals surface area contributed by atoms with Crippen LogP contribution in [0.1, 0.15) is 21.6 Å². The van der Waals surface area contributed by atoms with Gasteiger partial charge in [-0.2, -0.15) is 0 Å². The summed E-state index contributed by atoms with van der Waals surface area (Å²) in [4.78, 5) is 15.2. The van der Waals surface area contributed by atoms with Gasteiger partial charge in [-0.1, -0.05) is 0 Å². The zero-order chi connectivity index (χ0) is 12.0. The van der Waals surface area contributed by atoms with Crippen molar-refractivity contribution in [3.8, 4) is 5.75 Å². The molecule has 4 nitrogen and oxygen atoms in total. The number of H-pyrrole nitrogens is 1. The lowest BCUT2D eigenvalue weighted by Crippen LogP contribution is -2.31. The van der Waals surface area contributed by atoms with Crippen molar-refractivity contribution in [1.29, 1.82) is 0 Å². The Morgan fingerprint density at radius 3 is 2.94 bits per heavy atom. The van der Waals surface area contributed by atoms with Crippen LogP contribution in [0.4, 0.5) is 0 Å². The van der Waals surface area contributed by atoms with Gasteiger partial charge in [0.2, 0.25) is 0 Å². The summed E-state index contributed by atoms with van der Waals surface area (Å²) >= 11 is 0. The minimum absolute atomic E-state index is 0.0158. The monoisotopic (exact) mass is 230 g/mol. The summed E-state index contributed by atoms with van der Waals surface area (Å²) in [6.07, 6.45) is 0.858. The average Bonchev–Trinajstić information content (AvgIpc) is 2.66. The molecule has 0 saturated heterocycles. The fourth-order valence-electron chi connectivity index (χ4n) is 2.44. The van der Waals surface area contributed by atoms with Gasteiger partial charge >= 0.3 is 0 Å². The molecular weight excluding hydrogens is 216 g/mol. The number of nitrogens with one attached hydrogen (secondary N) is 2. The molecule has 1 amide bonds. The Morgan fingerprint density at radius 1 is 1.35 bits per heavy atom. The lowest BCUT2D eigenvalue weighted by molar-refractivity contribution is 0.0947. The minimum atomic E-state index is 0.0158. The predicted molar refractivity (Wildman–Crippen MR) is 65.6 cm³/mol. The summed E-state index contributed by atoms with van der Waals surface area (Å²) in [5, 5.41) is 3.86. The van der Waals surface area contributed by atoms with Crippen molar-refractivity contribution in [2.75, 3.05) is 13.7 Å². The molecule has 0 atom stereocenters. The molecule has 1 aliphatic heterocycles. The predicted octanol–water partition coefficient (Wildman–Crippen LogP) is 1.77. The topological polar surface area (TPSA) is 54.1 Å². The highest BCUT2D eigenvalue weighted by Gasteiger charge is 2.22. The van der Waals surface area contributed by atoms with Crippen molar-refractivity contribution in [2.45, 2.75) is 13.3 Å². The van der Waals surface area contributed by atoms with Crippen LogP contribution in [0.2, 0.25) is 0 Å². The smallest absolute Gasteiger partial charge is 0.253 e. The van der Waals surface area contributed by atoms with E-state index in [-0.39, 0.29) is 5.91 Å². The zero-order valence-corrected chi connectivity index (χ0v) is 9.89. The zero-order valence-electron chi connectivity index (χ0n) is 9.89. The number of aromatic nitrogens is 1. The van der Waals surface area contributed by atoms with Crippen molar-refractivity contribution in [2.24, 2.45) is 0 Å². The molecule has 3 rings (SSSR count).